The molecule has 3 rings (SSSR count). The minimum absolute atomic E-state index is 0.00830. The highest BCUT2D eigenvalue weighted by molar-refractivity contribution is 5.92. The summed E-state index contributed by atoms with van der Waals surface area (Å²) < 4.78 is 21.9. The number of nitrogens with zero attached hydrogens (tertiary/aromatic N) is 1. The fourth-order valence-corrected chi connectivity index (χ4v) is 5.16. The molecule has 17 nitrogen and oxygen atoms in total. The molecule has 46 heavy (non-hydrogen) atoms. The van der Waals surface area contributed by atoms with Crippen LogP contribution in [-0.4, -0.2) is 137 Å². The number of methoxy groups -OCH3 is 1. The average Bonchev–Trinajstić information content (AvgIpc) is 3.04. The molecule has 1 saturated heterocycles. The third kappa shape index (κ3) is 8.78. The first kappa shape index (κ1) is 36.8. The number of aliphatic carboxylic acids is 1. The van der Waals surface area contributed by atoms with Crippen LogP contribution in [0.2, 0.25) is 0 Å². The Hall–Kier alpha value is -3.65. The average molecular weight is 656 g/mol. The summed E-state index contributed by atoms with van der Waals surface area (Å²) in [5, 5.41) is 71.8. The quantitative estimate of drug-likeness (QED) is 0.0278. The van der Waals surface area contributed by atoms with E-state index in [1.165, 1.54) is 19.3 Å². The Kier molecular flexibility index (Phi) is 13.9. The molecule has 0 aliphatic carbocycles. The van der Waals surface area contributed by atoms with Gasteiger partial charge in [-0.2, -0.15) is 0 Å². The Bertz CT molecular complexity index is 1250. The molecule has 3 aliphatic rings. The van der Waals surface area contributed by atoms with Crippen molar-refractivity contribution < 1.29 is 69.2 Å². The molecule has 0 radical (unpaired) electrons. The monoisotopic (exact) mass is 655 g/mol. The van der Waals surface area contributed by atoms with Crippen molar-refractivity contribution >= 4 is 17.9 Å². The second-order valence-electron chi connectivity index (χ2n) is 10.6. The van der Waals surface area contributed by atoms with E-state index in [-0.39, 0.29) is 55.7 Å². The second kappa shape index (κ2) is 17.3. The smallest absolute Gasteiger partial charge is 0.339 e. The summed E-state index contributed by atoms with van der Waals surface area (Å²) in [5.74, 6) is -3.82. The van der Waals surface area contributed by atoms with Gasteiger partial charge in [0.2, 0.25) is 6.29 Å². The van der Waals surface area contributed by atoms with E-state index in [9.17, 15) is 40.2 Å². The van der Waals surface area contributed by atoms with Crippen LogP contribution in [0.3, 0.4) is 0 Å². The van der Waals surface area contributed by atoms with Crippen LogP contribution in [0.1, 0.15) is 6.42 Å². The molecule has 11 N–H and O–H groups in total. The van der Waals surface area contributed by atoms with Crippen molar-refractivity contribution in [2.75, 3.05) is 46.6 Å². The Labute approximate surface area is 264 Å². The molecule has 3 aliphatic heterocycles. The van der Waals surface area contributed by atoms with Gasteiger partial charge in [0.1, 0.15) is 49.3 Å². The number of allylic oxidation sites excluding steroid dienone is 2. The fourth-order valence-electron chi connectivity index (χ4n) is 5.16. The normalized spacial score (nSPS) is 32.0. The standard InChI is InChI=1S/C29H42N4O13/c1-3-16-17(19(26(42)43-2)14-44-27(16)46-28-24(39)23(38)22(37)20(13-36)45-28)6-5-15-11-33(8-10-35)12-18(25(40)41)21(15)32-29(30)31-7-4-9-34/h3,5-6,11,14,16-17,20,22-24,27-28,34-39H,1,4,7-10,12-13H2,2H3,(H,40,41)(H3,30,31,32)/p+1/b6-5+/t16-,17+,20-,22-,23+,24-,27+,28+/m1/s1. The first-order chi connectivity index (χ1) is 22.0. The number of hydrogen-bond acceptors (Lipinski definition) is 13. The lowest BCUT2D eigenvalue weighted by Crippen LogP contribution is -3.09. The molecule has 0 aromatic heterocycles. The number of carbonyl (C=O) groups excluding carboxylic acids is 1. The first-order valence-electron chi connectivity index (χ1n) is 14.5. The van der Waals surface area contributed by atoms with E-state index in [0.717, 1.165) is 6.26 Å². The maximum atomic E-state index is 12.8. The van der Waals surface area contributed by atoms with Crippen LogP contribution in [-0.2, 0) is 28.5 Å². The molecule has 0 saturated carbocycles. The van der Waals surface area contributed by atoms with E-state index < -0.39 is 67.4 Å². The minimum Gasteiger partial charge on any atom is -0.478 e. The molecular formula is C29H43N4O13+. The summed E-state index contributed by atoms with van der Waals surface area (Å²) in [7, 11) is 1.17. The van der Waals surface area contributed by atoms with Crippen molar-refractivity contribution in [2.24, 2.45) is 22.6 Å². The van der Waals surface area contributed by atoms with E-state index in [0.29, 0.717) is 16.9 Å². The lowest BCUT2D eigenvalue weighted by Gasteiger charge is -2.42. The highest BCUT2D eigenvalue weighted by atomic mass is 16.8. The molecule has 3 heterocycles. The van der Waals surface area contributed by atoms with E-state index in [1.54, 1.807) is 12.3 Å². The predicted molar refractivity (Wildman–Crippen MR) is 158 cm³/mol. The molecule has 0 spiro atoms. The van der Waals surface area contributed by atoms with Crippen LogP contribution in [0.15, 0.2) is 64.7 Å². The molecule has 0 bridgehead atoms. The summed E-state index contributed by atoms with van der Waals surface area (Å²) in [4.78, 5) is 29.8. The van der Waals surface area contributed by atoms with Crippen molar-refractivity contribution in [3.63, 3.8) is 0 Å². The number of carboxylic acid groups (broad SMARTS) is 1. The molecule has 0 amide bonds. The number of esters is 1. The minimum atomic E-state index is -1.72. The number of nitrogens with two attached hydrogens (primary N) is 1. The number of aliphatic imine (C=N–C) groups is 1. The van der Waals surface area contributed by atoms with Gasteiger partial charge in [-0.05, 0) is 6.42 Å². The number of carbonyl (C=O) groups is 2. The molecule has 17 heteroatoms. The van der Waals surface area contributed by atoms with E-state index in [4.69, 9.17) is 29.8 Å². The highest BCUT2D eigenvalue weighted by Crippen LogP contribution is 2.36. The van der Waals surface area contributed by atoms with Crippen LogP contribution >= 0.6 is 0 Å². The van der Waals surface area contributed by atoms with Crippen LogP contribution in [0.4, 0.5) is 0 Å². The predicted octanol–water partition coefficient (Wildman–Crippen LogP) is -4.41. The number of hydrogen-bond donors (Lipinski definition) is 10. The van der Waals surface area contributed by atoms with Crippen LogP contribution in [0, 0.1) is 11.8 Å². The van der Waals surface area contributed by atoms with Gasteiger partial charge in [-0.1, -0.05) is 18.2 Å². The van der Waals surface area contributed by atoms with E-state index in [2.05, 4.69) is 16.9 Å². The largest absolute Gasteiger partial charge is 0.478 e. The van der Waals surface area contributed by atoms with Gasteiger partial charge in [-0.25, -0.2) is 9.59 Å². The van der Waals surface area contributed by atoms with Crippen molar-refractivity contribution in [3.8, 4) is 0 Å². The highest BCUT2D eigenvalue weighted by Gasteiger charge is 2.47. The van der Waals surface area contributed by atoms with Crippen LogP contribution in [0.5, 0.6) is 0 Å². The molecule has 9 atom stereocenters. The Morgan fingerprint density at radius 1 is 1.17 bits per heavy atom. The van der Waals surface area contributed by atoms with Crippen molar-refractivity contribution in [1.82, 2.24) is 5.32 Å². The van der Waals surface area contributed by atoms with Gasteiger partial charge in [0.05, 0.1) is 49.3 Å². The van der Waals surface area contributed by atoms with Gasteiger partial charge in [0.15, 0.2) is 12.2 Å². The van der Waals surface area contributed by atoms with E-state index >= 15 is 0 Å². The third-order valence-corrected chi connectivity index (χ3v) is 7.61. The van der Waals surface area contributed by atoms with Crippen LogP contribution < -0.4 is 16.0 Å². The number of quaternary nitrogens is 1. The van der Waals surface area contributed by atoms with Gasteiger partial charge < -0.3 is 70.6 Å². The zero-order valence-corrected chi connectivity index (χ0v) is 25.3. The van der Waals surface area contributed by atoms with Gasteiger partial charge in [-0.15, -0.1) is 6.58 Å². The number of aliphatic hydroxyl groups is 6. The first-order valence-corrected chi connectivity index (χ1v) is 14.5. The van der Waals surface area contributed by atoms with Crippen molar-refractivity contribution in [2.45, 2.75) is 43.4 Å². The number of carboxylic acids is 1. The number of rotatable bonds is 14. The zero-order valence-electron chi connectivity index (χ0n) is 25.3. The SMILES string of the molecule is C=C[C@H]1[C@H](O[C@@H]2O[C@H](CO)[C@@H](O)[C@H](O)[C@H]2O)OC=C(C(=O)OC)[C@H]1/C=C/C1=C[NH+](CCO)CC(C(=O)O)=C1NC(N)=NCCCO. The fraction of sp³-hybridized carbons (Fsp3) is 0.552. The summed E-state index contributed by atoms with van der Waals surface area (Å²) in [6, 6.07) is 0. The number of nitrogens with one attached hydrogen (secondary N) is 2. The summed E-state index contributed by atoms with van der Waals surface area (Å²) in [5.41, 5.74) is 6.45. The molecule has 1 fully saturated rings. The maximum Gasteiger partial charge on any atom is 0.339 e. The number of ether oxygens (including phenoxy) is 4. The van der Waals surface area contributed by atoms with Gasteiger partial charge in [-0.3, -0.25) is 4.99 Å². The zero-order chi connectivity index (χ0) is 34.0. The Balaban J connectivity index is 2.01. The number of guanidine groups is 1. The summed E-state index contributed by atoms with van der Waals surface area (Å²) in [6.45, 7) is 3.20. The maximum absolute atomic E-state index is 12.8. The summed E-state index contributed by atoms with van der Waals surface area (Å²) in [6.07, 6.45) is -1.47. The lowest BCUT2D eigenvalue weighted by molar-refractivity contribution is -0.843. The van der Waals surface area contributed by atoms with Crippen molar-refractivity contribution in [3.05, 3.63) is 59.7 Å². The van der Waals surface area contributed by atoms with E-state index in [1.807, 2.05) is 0 Å². The molecule has 1 unspecified atom stereocenters. The third-order valence-electron chi connectivity index (χ3n) is 7.61. The number of aliphatic hydroxyl groups excluding tert-OH is 6. The van der Waals surface area contributed by atoms with Gasteiger partial charge >= 0.3 is 11.9 Å². The van der Waals surface area contributed by atoms with Crippen LogP contribution in [0.25, 0.3) is 0 Å². The molecular weight excluding hydrogens is 612 g/mol. The second-order valence-corrected chi connectivity index (χ2v) is 10.6. The lowest BCUT2D eigenvalue weighted by atomic mass is 9.83. The topological polar surface area (TPSA) is 268 Å². The summed E-state index contributed by atoms with van der Waals surface area (Å²) >= 11 is 0. The van der Waals surface area contributed by atoms with Gasteiger partial charge in [0, 0.05) is 19.1 Å². The molecule has 0 aromatic carbocycles. The Morgan fingerprint density at radius 3 is 2.52 bits per heavy atom. The van der Waals surface area contributed by atoms with Crippen molar-refractivity contribution in [1.29, 1.82) is 0 Å². The van der Waals surface area contributed by atoms with Gasteiger partial charge in [0.25, 0.3) is 0 Å². The molecule has 256 valence electrons. The Morgan fingerprint density at radius 2 is 1.91 bits per heavy atom. The molecule has 0 aromatic rings.